The van der Waals surface area contributed by atoms with Gasteiger partial charge in [0.15, 0.2) is 0 Å². The van der Waals surface area contributed by atoms with Gasteiger partial charge in [0.05, 0.1) is 0 Å². The van der Waals surface area contributed by atoms with E-state index < -0.39 is 23.9 Å². The predicted octanol–water partition coefficient (Wildman–Crippen LogP) is -1.26. The van der Waals surface area contributed by atoms with Gasteiger partial charge in [-0.3, -0.25) is 0 Å². The molecule has 0 radical (unpaired) electrons. The molecule has 0 aromatic carbocycles. The van der Waals surface area contributed by atoms with Gasteiger partial charge in [-0.25, -0.2) is 0 Å². The van der Waals surface area contributed by atoms with Gasteiger partial charge in [-0.05, 0) is 39.5 Å². The van der Waals surface area contributed by atoms with Crippen molar-refractivity contribution in [2.75, 3.05) is 0 Å². The van der Waals surface area contributed by atoms with Crippen molar-refractivity contribution in [2.45, 2.75) is 92.9 Å². The third kappa shape index (κ3) is 145. The Labute approximate surface area is 193 Å². The molecule has 0 saturated carbocycles. The van der Waals surface area contributed by atoms with E-state index in [4.69, 9.17) is 0 Å². The Balaban J connectivity index is -0.0000000569. The Morgan fingerprint density at radius 1 is 0.483 bits per heavy atom. The molecular formula is C19H34O9Zr. The van der Waals surface area contributed by atoms with Gasteiger partial charge in [0, 0.05) is 23.9 Å². The molecule has 10 heteroatoms. The summed E-state index contributed by atoms with van der Waals surface area (Å²) in [5.74, 6) is -3.68. The topological polar surface area (TPSA) is 178 Å². The Morgan fingerprint density at radius 3 is 0.586 bits per heavy atom. The van der Waals surface area contributed by atoms with Crippen LogP contribution in [0.5, 0.6) is 0 Å². The molecule has 0 aliphatic heterocycles. The Morgan fingerprint density at radius 2 is 0.586 bits per heavy atom. The molecule has 0 unspecified atom stereocenters. The quantitative estimate of drug-likeness (QED) is 0.395. The van der Waals surface area contributed by atoms with Crippen molar-refractivity contribution in [3.63, 3.8) is 0 Å². The number of carbonyl (C=O) groups excluding carboxylic acids is 5. The van der Waals surface area contributed by atoms with Gasteiger partial charge in [0.2, 0.25) is 0 Å². The Kier molecular flexibility index (Phi) is 53.6. The van der Waals surface area contributed by atoms with E-state index in [1.54, 1.807) is 27.7 Å². The monoisotopic (exact) mass is 496 g/mol. The van der Waals surface area contributed by atoms with Crippen LogP contribution >= 0.6 is 0 Å². The first-order chi connectivity index (χ1) is 12.8. The predicted molar refractivity (Wildman–Crippen MR) is 96.0 cm³/mol. The minimum absolute atomic E-state index is 0. The van der Waals surface area contributed by atoms with E-state index in [1.165, 1.54) is 13.8 Å². The van der Waals surface area contributed by atoms with Gasteiger partial charge < -0.3 is 44.4 Å². The second-order valence-corrected chi connectivity index (χ2v) is 5.40. The van der Waals surface area contributed by atoms with Crippen LogP contribution in [0, 0.1) is 0 Å². The van der Waals surface area contributed by atoms with E-state index >= 15 is 0 Å². The van der Waals surface area contributed by atoms with Crippen molar-refractivity contribution >= 4 is 29.7 Å². The van der Waals surface area contributed by atoms with Crippen LogP contribution in [0.3, 0.4) is 0 Å². The zero-order valence-corrected chi connectivity index (χ0v) is 20.8. The van der Waals surface area contributed by atoms with Crippen LogP contribution in [0.1, 0.15) is 92.9 Å². The molecule has 0 N–H and O–H groups in total. The molecule has 0 aromatic heterocycles. The standard InChI is InChI=1S/4C4H8O2.C3H6O.Zr/c4*1-2-3-4(5)6;1-3(2)4;/h4*2-3H2,1H3,(H,5,6);1-2H3;/q;;;;;+4/p-4. The molecule has 0 aliphatic carbocycles. The summed E-state index contributed by atoms with van der Waals surface area (Å²) >= 11 is 0. The zero-order valence-electron chi connectivity index (χ0n) is 18.3. The molecule has 0 aliphatic rings. The number of hydrogen-bond acceptors (Lipinski definition) is 9. The average Bonchev–Trinajstić information content (AvgIpc) is 2.47. The minimum Gasteiger partial charge on any atom is -0.550 e. The average molecular weight is 498 g/mol. The van der Waals surface area contributed by atoms with Crippen molar-refractivity contribution in [3.8, 4) is 0 Å². The van der Waals surface area contributed by atoms with Crippen molar-refractivity contribution in [2.24, 2.45) is 0 Å². The molecule has 0 aromatic rings. The zero-order chi connectivity index (χ0) is 23.5. The summed E-state index contributed by atoms with van der Waals surface area (Å²) in [7, 11) is 0. The van der Waals surface area contributed by atoms with E-state index in [0.717, 1.165) is 0 Å². The van der Waals surface area contributed by atoms with Crippen LogP contribution < -0.4 is 20.4 Å². The summed E-state index contributed by atoms with van der Waals surface area (Å²) in [5, 5.41) is 38.0. The molecule has 0 bridgehead atoms. The molecule has 0 fully saturated rings. The summed E-state index contributed by atoms with van der Waals surface area (Å²) in [6.45, 7) is 10.3. The summed E-state index contributed by atoms with van der Waals surface area (Å²) in [6, 6.07) is 0. The molecule has 0 spiro atoms. The molecular weight excluding hydrogens is 463 g/mol. The van der Waals surface area contributed by atoms with Gasteiger partial charge in [-0.2, -0.15) is 0 Å². The van der Waals surface area contributed by atoms with Crippen LogP contribution in [-0.4, -0.2) is 29.7 Å². The maximum absolute atomic E-state index is 9.49. The maximum atomic E-state index is 9.49. The molecule has 0 rings (SSSR count). The molecule has 168 valence electrons. The van der Waals surface area contributed by atoms with Crippen LogP contribution in [0.25, 0.3) is 0 Å². The number of aliphatic carboxylic acids is 4. The second-order valence-electron chi connectivity index (χ2n) is 5.40. The molecule has 0 atom stereocenters. The number of carbonyl (C=O) groups is 5. The summed E-state index contributed by atoms with van der Waals surface area (Å²) in [5.41, 5.74) is 0. The van der Waals surface area contributed by atoms with E-state index in [9.17, 15) is 44.4 Å². The van der Waals surface area contributed by atoms with Crippen LogP contribution in [0.4, 0.5) is 0 Å². The normalized spacial score (nSPS) is 7.66. The van der Waals surface area contributed by atoms with Gasteiger partial charge in [-0.1, -0.05) is 53.4 Å². The fraction of sp³-hybridized carbons (Fsp3) is 0.737. The minimum atomic E-state index is -0.961. The number of Topliss-reactive ketones (excluding diaryl/α,β-unsaturated/α-hetero) is 1. The SMILES string of the molecule is CC(C)=O.CCCC(=O)[O-].CCCC(=O)[O-].CCCC(=O)[O-].CCCC(=O)[O-].[Zr+4]. The second kappa shape index (κ2) is 37.2. The van der Waals surface area contributed by atoms with Crippen molar-refractivity contribution in [1.82, 2.24) is 0 Å². The molecule has 0 amide bonds. The van der Waals surface area contributed by atoms with E-state index in [-0.39, 0.29) is 57.7 Å². The van der Waals surface area contributed by atoms with Gasteiger partial charge in [-0.15, -0.1) is 0 Å². The van der Waals surface area contributed by atoms with Gasteiger partial charge in [0.1, 0.15) is 5.78 Å². The molecule has 9 nitrogen and oxygen atoms in total. The van der Waals surface area contributed by atoms with E-state index in [2.05, 4.69) is 0 Å². The Hall–Kier alpha value is -1.57. The number of rotatable bonds is 8. The number of carboxylic acids is 4. The van der Waals surface area contributed by atoms with Crippen LogP contribution in [-0.2, 0) is 50.2 Å². The largest absolute Gasteiger partial charge is 4.00 e. The fourth-order valence-electron chi connectivity index (χ4n) is 0.816. The van der Waals surface area contributed by atoms with Gasteiger partial charge >= 0.3 is 26.2 Å². The Bertz CT molecular complexity index is 342. The fourth-order valence-corrected chi connectivity index (χ4v) is 0.816. The third-order valence-corrected chi connectivity index (χ3v) is 1.82. The number of carboxylic acid groups (broad SMARTS) is 4. The third-order valence-electron chi connectivity index (χ3n) is 1.82. The first kappa shape index (κ1) is 41.7. The number of ketones is 1. The number of hydrogen-bond donors (Lipinski definition) is 0. The summed E-state index contributed by atoms with van der Waals surface area (Å²) < 4.78 is 0. The smallest absolute Gasteiger partial charge is 0.550 e. The first-order valence-corrected chi connectivity index (χ1v) is 9.08. The van der Waals surface area contributed by atoms with Crippen molar-refractivity contribution in [1.29, 1.82) is 0 Å². The van der Waals surface area contributed by atoms with E-state index in [1.807, 2.05) is 0 Å². The maximum Gasteiger partial charge on any atom is 4.00 e. The summed E-state index contributed by atoms with van der Waals surface area (Å²) in [6.07, 6.45) is 3.40. The molecule has 0 saturated heterocycles. The van der Waals surface area contributed by atoms with Crippen LogP contribution in [0.2, 0.25) is 0 Å². The van der Waals surface area contributed by atoms with Gasteiger partial charge in [0.25, 0.3) is 0 Å². The van der Waals surface area contributed by atoms with E-state index in [0.29, 0.717) is 25.7 Å². The van der Waals surface area contributed by atoms with Crippen molar-refractivity contribution in [3.05, 3.63) is 0 Å². The van der Waals surface area contributed by atoms with Crippen molar-refractivity contribution < 1.29 is 70.6 Å². The first-order valence-electron chi connectivity index (χ1n) is 9.08. The summed E-state index contributed by atoms with van der Waals surface area (Å²) in [4.78, 5) is 47.4. The molecule has 29 heavy (non-hydrogen) atoms. The van der Waals surface area contributed by atoms with Crippen LogP contribution in [0.15, 0.2) is 0 Å². The molecule has 0 heterocycles.